The van der Waals surface area contributed by atoms with E-state index in [-0.39, 0.29) is 6.04 Å². The lowest BCUT2D eigenvalue weighted by atomic mass is 10.0. The molecule has 0 unspecified atom stereocenters. The van der Waals surface area contributed by atoms with Gasteiger partial charge in [0.25, 0.3) is 0 Å². The number of tetrazole rings is 1. The van der Waals surface area contributed by atoms with Gasteiger partial charge in [0.1, 0.15) is 6.04 Å². The van der Waals surface area contributed by atoms with Gasteiger partial charge in [-0.1, -0.05) is 11.2 Å². The number of halogens is 1. The third-order valence-corrected chi connectivity index (χ3v) is 5.57. The van der Waals surface area contributed by atoms with E-state index in [1.165, 1.54) is 0 Å². The first kappa shape index (κ1) is 16.1. The van der Waals surface area contributed by atoms with Crippen LogP contribution in [0.4, 0.5) is 5.95 Å². The fourth-order valence-corrected chi connectivity index (χ4v) is 4.10. The molecule has 1 N–H and O–H groups in total. The maximum absolute atomic E-state index is 5.43. The summed E-state index contributed by atoms with van der Waals surface area (Å²) in [6.45, 7) is 0. The Labute approximate surface area is 156 Å². The molecule has 2 aromatic heterocycles. The van der Waals surface area contributed by atoms with Crippen LogP contribution in [-0.2, 0) is 0 Å². The van der Waals surface area contributed by atoms with Crippen LogP contribution in [0.2, 0.25) is 0 Å². The topological polar surface area (TPSA) is 74.1 Å². The van der Waals surface area contributed by atoms with Gasteiger partial charge in [0.15, 0.2) is 11.5 Å². The highest BCUT2D eigenvalue weighted by molar-refractivity contribution is 9.11. The van der Waals surface area contributed by atoms with Crippen molar-refractivity contribution in [1.29, 1.82) is 0 Å². The largest absolute Gasteiger partial charge is 0.493 e. The summed E-state index contributed by atoms with van der Waals surface area (Å²) in [5, 5.41) is 15.3. The zero-order valence-electron chi connectivity index (χ0n) is 13.4. The minimum atomic E-state index is -0.151. The maximum Gasteiger partial charge on any atom is 0.248 e. The number of benzene rings is 1. The average molecular weight is 420 g/mol. The Kier molecular flexibility index (Phi) is 4.18. The van der Waals surface area contributed by atoms with E-state index in [0.717, 1.165) is 19.9 Å². The lowest BCUT2D eigenvalue weighted by Gasteiger charge is -2.23. The van der Waals surface area contributed by atoms with E-state index < -0.39 is 0 Å². The van der Waals surface area contributed by atoms with E-state index in [4.69, 9.17) is 9.47 Å². The number of anilines is 1. The molecule has 0 amide bonds. The summed E-state index contributed by atoms with van der Waals surface area (Å²) in [5.41, 5.74) is 1.97. The SMILES string of the molecule is COc1ccc([C@H]2C=C(c3ccc(Br)s3)Nc3nnnn32)cc1OC. The highest BCUT2D eigenvalue weighted by atomic mass is 79.9. The number of methoxy groups -OCH3 is 2. The zero-order chi connectivity index (χ0) is 17.4. The van der Waals surface area contributed by atoms with Gasteiger partial charge in [0.2, 0.25) is 5.95 Å². The Morgan fingerprint density at radius 2 is 2.00 bits per heavy atom. The molecule has 128 valence electrons. The summed E-state index contributed by atoms with van der Waals surface area (Å²) in [7, 11) is 3.24. The quantitative estimate of drug-likeness (QED) is 0.696. The molecule has 0 spiro atoms. The molecular weight excluding hydrogens is 406 g/mol. The molecule has 1 atom stereocenters. The third kappa shape index (κ3) is 2.89. The first-order valence-corrected chi connectivity index (χ1v) is 9.05. The highest BCUT2D eigenvalue weighted by Crippen LogP contribution is 2.37. The van der Waals surface area contributed by atoms with Gasteiger partial charge in [-0.25, -0.2) is 0 Å². The number of nitrogens with zero attached hydrogens (tertiary/aromatic N) is 4. The summed E-state index contributed by atoms with van der Waals surface area (Å²) in [6, 6.07) is 9.74. The van der Waals surface area contributed by atoms with E-state index in [1.54, 1.807) is 30.2 Å². The Balaban J connectivity index is 1.80. The average Bonchev–Trinajstić information content (AvgIpc) is 3.28. The van der Waals surface area contributed by atoms with Crippen molar-refractivity contribution in [2.75, 3.05) is 19.5 Å². The molecular formula is C16H14BrN5O2S. The number of allylic oxidation sites excluding steroid dienone is 1. The van der Waals surface area contributed by atoms with E-state index in [9.17, 15) is 0 Å². The van der Waals surface area contributed by atoms with Crippen molar-refractivity contribution in [3.63, 3.8) is 0 Å². The minimum absolute atomic E-state index is 0.151. The van der Waals surface area contributed by atoms with Crippen LogP contribution in [0.25, 0.3) is 5.70 Å². The highest BCUT2D eigenvalue weighted by Gasteiger charge is 2.25. The lowest BCUT2D eigenvalue weighted by molar-refractivity contribution is 0.354. The van der Waals surface area contributed by atoms with Crippen molar-refractivity contribution >= 4 is 38.9 Å². The first-order chi connectivity index (χ1) is 12.2. The number of hydrogen-bond acceptors (Lipinski definition) is 7. The summed E-state index contributed by atoms with van der Waals surface area (Å²) in [5.74, 6) is 1.95. The van der Waals surface area contributed by atoms with Gasteiger partial charge in [-0.2, -0.15) is 4.68 Å². The number of aromatic nitrogens is 4. The lowest BCUT2D eigenvalue weighted by Crippen LogP contribution is -2.20. The van der Waals surface area contributed by atoms with E-state index in [2.05, 4.69) is 48.9 Å². The van der Waals surface area contributed by atoms with Crippen LogP contribution in [-0.4, -0.2) is 34.4 Å². The summed E-state index contributed by atoms with van der Waals surface area (Å²) < 4.78 is 13.6. The van der Waals surface area contributed by atoms with E-state index in [1.807, 2.05) is 24.3 Å². The van der Waals surface area contributed by atoms with E-state index in [0.29, 0.717) is 17.4 Å². The van der Waals surface area contributed by atoms with Gasteiger partial charge >= 0.3 is 0 Å². The van der Waals surface area contributed by atoms with Gasteiger partial charge < -0.3 is 14.8 Å². The number of hydrogen-bond donors (Lipinski definition) is 1. The number of fused-ring (bicyclic) bond motifs is 1. The molecule has 1 aliphatic heterocycles. The van der Waals surface area contributed by atoms with Crippen LogP contribution in [0.15, 0.2) is 40.2 Å². The van der Waals surface area contributed by atoms with Crippen LogP contribution < -0.4 is 14.8 Å². The smallest absolute Gasteiger partial charge is 0.248 e. The van der Waals surface area contributed by atoms with Crippen LogP contribution in [0, 0.1) is 0 Å². The summed E-state index contributed by atoms with van der Waals surface area (Å²) in [4.78, 5) is 1.10. The normalized spacial score (nSPS) is 16.0. The van der Waals surface area contributed by atoms with Gasteiger partial charge in [0, 0.05) is 0 Å². The molecule has 0 aliphatic carbocycles. The fourth-order valence-electron chi connectivity index (χ4n) is 2.73. The second-order valence-electron chi connectivity index (χ2n) is 5.32. The van der Waals surface area contributed by atoms with Crippen LogP contribution in [0.5, 0.6) is 11.5 Å². The second kappa shape index (κ2) is 6.49. The van der Waals surface area contributed by atoms with Crippen molar-refractivity contribution in [1.82, 2.24) is 20.2 Å². The maximum atomic E-state index is 5.43. The molecule has 3 heterocycles. The van der Waals surface area contributed by atoms with Gasteiger partial charge in [-0.3, -0.25) is 0 Å². The predicted octanol–water partition coefficient (Wildman–Crippen LogP) is 3.57. The molecule has 7 nitrogen and oxygen atoms in total. The fraction of sp³-hybridized carbons (Fsp3) is 0.188. The number of nitrogens with one attached hydrogen (secondary N) is 1. The Bertz CT molecular complexity index is 952. The van der Waals surface area contributed by atoms with Crippen molar-refractivity contribution in [2.45, 2.75) is 6.04 Å². The van der Waals surface area contributed by atoms with Crippen molar-refractivity contribution < 1.29 is 9.47 Å². The molecule has 4 rings (SSSR count). The molecule has 0 bridgehead atoms. The van der Waals surface area contributed by atoms with Crippen molar-refractivity contribution in [2.24, 2.45) is 0 Å². The number of rotatable bonds is 4. The number of ether oxygens (including phenoxy) is 2. The van der Waals surface area contributed by atoms with Crippen LogP contribution in [0.1, 0.15) is 16.5 Å². The number of thiophene rings is 1. The van der Waals surface area contributed by atoms with Gasteiger partial charge in [-0.05, 0) is 62.3 Å². The third-order valence-electron chi connectivity index (χ3n) is 3.92. The molecule has 1 aromatic carbocycles. The predicted molar refractivity (Wildman–Crippen MR) is 99.1 cm³/mol. The molecule has 0 fully saturated rings. The Hall–Kier alpha value is -2.39. The zero-order valence-corrected chi connectivity index (χ0v) is 15.8. The minimum Gasteiger partial charge on any atom is -0.493 e. The van der Waals surface area contributed by atoms with Crippen molar-refractivity contribution in [3.8, 4) is 11.5 Å². The first-order valence-electron chi connectivity index (χ1n) is 7.44. The summed E-state index contributed by atoms with van der Waals surface area (Å²) >= 11 is 5.15. The monoisotopic (exact) mass is 419 g/mol. The Morgan fingerprint density at radius 3 is 2.72 bits per heavy atom. The molecule has 0 saturated heterocycles. The Morgan fingerprint density at radius 1 is 1.16 bits per heavy atom. The molecule has 0 saturated carbocycles. The second-order valence-corrected chi connectivity index (χ2v) is 7.78. The standard InChI is InChI=1S/C16H14BrN5O2S/c1-23-12-4-3-9(7-13(12)24-2)11-8-10(14-5-6-15(17)25-14)18-16-19-20-21-22(11)16/h3-8,11H,1-2H3,(H,18,19,21)/t11-/m1/s1. The van der Waals surface area contributed by atoms with Gasteiger partial charge in [0.05, 0.1) is 28.6 Å². The molecule has 25 heavy (non-hydrogen) atoms. The van der Waals surface area contributed by atoms with Crippen LogP contribution in [0.3, 0.4) is 0 Å². The van der Waals surface area contributed by atoms with Crippen molar-refractivity contribution in [3.05, 3.63) is 50.6 Å². The molecule has 0 radical (unpaired) electrons. The summed E-state index contributed by atoms with van der Waals surface area (Å²) in [6.07, 6.45) is 2.10. The van der Waals surface area contributed by atoms with E-state index >= 15 is 0 Å². The molecule has 3 aromatic rings. The molecule has 1 aliphatic rings. The molecule has 9 heteroatoms. The van der Waals surface area contributed by atoms with Crippen LogP contribution >= 0.6 is 27.3 Å². The van der Waals surface area contributed by atoms with Gasteiger partial charge in [-0.15, -0.1) is 11.3 Å².